The van der Waals surface area contributed by atoms with Crippen LogP contribution in [0.2, 0.25) is 0 Å². The summed E-state index contributed by atoms with van der Waals surface area (Å²) in [6.07, 6.45) is 7.41. The smallest absolute Gasteiger partial charge is 0.290 e. The van der Waals surface area contributed by atoms with Gasteiger partial charge in [0.05, 0.1) is 41.5 Å². The zero-order chi connectivity index (χ0) is 20.4. The molecule has 5 rings (SSSR count). The van der Waals surface area contributed by atoms with Gasteiger partial charge in [-0.1, -0.05) is 12.1 Å². The van der Waals surface area contributed by atoms with Crippen molar-refractivity contribution in [2.45, 2.75) is 12.5 Å². The molecule has 1 atom stereocenters. The van der Waals surface area contributed by atoms with Crippen LogP contribution in [0, 0.1) is 0 Å². The monoisotopic (exact) mass is 392 g/mol. The molecule has 9 nitrogen and oxygen atoms in total. The van der Waals surface area contributed by atoms with Crippen molar-refractivity contribution >= 4 is 23.3 Å². The van der Waals surface area contributed by atoms with Crippen molar-refractivity contribution in [3.05, 3.63) is 71.7 Å². The summed E-state index contributed by atoms with van der Waals surface area (Å²) in [5.41, 5.74) is 4.62. The lowest BCUT2D eigenvalue weighted by Crippen LogP contribution is -2.38. The summed E-state index contributed by atoms with van der Waals surface area (Å²) in [4.78, 5) is 34.4. The maximum Gasteiger partial charge on any atom is 0.290 e. The van der Waals surface area contributed by atoms with Crippen LogP contribution >= 0.6 is 0 Å². The Morgan fingerprint density at radius 2 is 2.14 bits per heavy atom. The highest BCUT2D eigenvalue weighted by molar-refractivity contribution is 6.05. The lowest BCUT2D eigenvalue weighted by molar-refractivity contribution is -0.122. The summed E-state index contributed by atoms with van der Waals surface area (Å²) in [5.74, 6) is 0.0395. The SMILES string of the molecule is Cn1cc(C2CN(C(=O)c3cccc4cc[nH]c34)Cc3[nH]cnc32)cn1.O=CO. The summed E-state index contributed by atoms with van der Waals surface area (Å²) < 4.78 is 1.78. The van der Waals surface area contributed by atoms with Gasteiger partial charge < -0.3 is 20.0 Å². The Balaban J connectivity index is 0.000000645. The molecule has 3 aromatic heterocycles. The van der Waals surface area contributed by atoms with E-state index in [4.69, 9.17) is 9.90 Å². The average molecular weight is 392 g/mol. The van der Waals surface area contributed by atoms with Crippen LogP contribution in [0.4, 0.5) is 0 Å². The number of aromatic nitrogens is 5. The van der Waals surface area contributed by atoms with E-state index in [9.17, 15) is 4.79 Å². The summed E-state index contributed by atoms with van der Waals surface area (Å²) in [6, 6.07) is 7.79. The van der Waals surface area contributed by atoms with Gasteiger partial charge in [-0.05, 0) is 12.1 Å². The van der Waals surface area contributed by atoms with E-state index in [0.29, 0.717) is 18.7 Å². The first-order valence-electron chi connectivity index (χ1n) is 9.06. The number of fused-ring (bicyclic) bond motifs is 2. The number of amides is 1. The van der Waals surface area contributed by atoms with Crippen molar-refractivity contribution in [1.29, 1.82) is 0 Å². The van der Waals surface area contributed by atoms with Gasteiger partial charge in [0.15, 0.2) is 0 Å². The molecule has 9 heteroatoms. The number of carbonyl (C=O) groups is 2. The Kier molecular flexibility index (Phi) is 4.86. The zero-order valence-corrected chi connectivity index (χ0v) is 15.7. The zero-order valence-electron chi connectivity index (χ0n) is 15.7. The number of para-hydroxylation sites is 1. The molecule has 1 aliphatic rings. The van der Waals surface area contributed by atoms with Crippen LogP contribution in [0.1, 0.15) is 33.2 Å². The standard InChI is InChI=1S/C19H18N6O.CH2O2/c1-24-8-13(7-23-24)15-9-25(10-16-18(15)22-11-21-16)19(26)14-4-2-3-12-5-6-20-17(12)14;2-1-3/h2-8,11,15,20H,9-10H2,1H3,(H,21,22);1H,(H,2,3). The molecule has 0 aliphatic carbocycles. The molecule has 0 saturated carbocycles. The van der Waals surface area contributed by atoms with E-state index in [1.54, 1.807) is 11.0 Å². The molecule has 4 heterocycles. The number of nitrogens with zero attached hydrogens (tertiary/aromatic N) is 4. The first-order chi connectivity index (χ1) is 14.1. The average Bonchev–Trinajstić information content (AvgIpc) is 3.46. The molecule has 1 aliphatic heterocycles. The number of carbonyl (C=O) groups excluding carboxylic acids is 1. The number of benzene rings is 1. The van der Waals surface area contributed by atoms with Crippen molar-refractivity contribution in [3.63, 3.8) is 0 Å². The van der Waals surface area contributed by atoms with Crippen molar-refractivity contribution in [2.24, 2.45) is 7.05 Å². The Hall–Kier alpha value is -3.88. The molecule has 0 spiro atoms. The predicted molar refractivity (Wildman–Crippen MR) is 105 cm³/mol. The molecule has 0 radical (unpaired) electrons. The largest absolute Gasteiger partial charge is 0.483 e. The number of H-pyrrole nitrogens is 2. The molecule has 0 fully saturated rings. The maximum absolute atomic E-state index is 13.3. The summed E-state index contributed by atoms with van der Waals surface area (Å²) in [7, 11) is 1.90. The van der Waals surface area contributed by atoms with Gasteiger partial charge in [-0.15, -0.1) is 0 Å². The minimum Gasteiger partial charge on any atom is -0.483 e. The first-order valence-corrected chi connectivity index (χ1v) is 9.06. The van der Waals surface area contributed by atoms with Crippen LogP contribution in [-0.4, -0.2) is 53.7 Å². The van der Waals surface area contributed by atoms with Crippen molar-refractivity contribution in [3.8, 4) is 0 Å². The lowest BCUT2D eigenvalue weighted by atomic mass is 9.92. The van der Waals surface area contributed by atoms with Crippen LogP contribution in [0.5, 0.6) is 0 Å². The van der Waals surface area contributed by atoms with E-state index >= 15 is 0 Å². The van der Waals surface area contributed by atoms with Crippen LogP contribution < -0.4 is 0 Å². The topological polar surface area (TPSA) is 120 Å². The third-order valence-corrected chi connectivity index (χ3v) is 5.07. The number of rotatable bonds is 2. The molecule has 3 N–H and O–H groups in total. The van der Waals surface area contributed by atoms with Gasteiger partial charge in [0.2, 0.25) is 0 Å². The maximum atomic E-state index is 13.3. The van der Waals surface area contributed by atoms with Gasteiger partial charge in [-0.25, -0.2) is 4.98 Å². The molecule has 1 unspecified atom stereocenters. The number of hydrogen-bond donors (Lipinski definition) is 3. The fraction of sp³-hybridized carbons (Fsp3) is 0.200. The van der Waals surface area contributed by atoms with Crippen molar-refractivity contribution in [2.75, 3.05) is 6.54 Å². The number of aryl methyl sites for hydroxylation is 1. The van der Waals surface area contributed by atoms with Crippen LogP contribution in [-0.2, 0) is 18.4 Å². The van der Waals surface area contributed by atoms with E-state index in [1.807, 2.05) is 54.8 Å². The molecule has 1 amide bonds. The molecule has 1 aromatic carbocycles. The highest BCUT2D eigenvalue weighted by Gasteiger charge is 2.32. The van der Waals surface area contributed by atoms with Gasteiger partial charge in [-0.2, -0.15) is 5.10 Å². The highest BCUT2D eigenvalue weighted by Crippen LogP contribution is 2.32. The molecule has 0 bridgehead atoms. The normalized spacial score (nSPS) is 15.5. The fourth-order valence-corrected chi connectivity index (χ4v) is 3.79. The van der Waals surface area contributed by atoms with E-state index < -0.39 is 0 Å². The number of aromatic amines is 2. The molecule has 148 valence electrons. The quantitative estimate of drug-likeness (QED) is 0.451. The van der Waals surface area contributed by atoms with Gasteiger partial charge in [0.25, 0.3) is 12.4 Å². The molecular formula is C20H20N6O3. The number of imidazole rings is 1. The lowest BCUT2D eigenvalue weighted by Gasteiger charge is -2.31. The van der Waals surface area contributed by atoms with Crippen LogP contribution in [0.15, 0.2) is 49.2 Å². The fourth-order valence-electron chi connectivity index (χ4n) is 3.79. The first kappa shape index (κ1) is 18.5. The van der Waals surface area contributed by atoms with E-state index in [-0.39, 0.29) is 18.3 Å². The Labute approximate surface area is 166 Å². The Bertz CT molecular complexity index is 1160. The van der Waals surface area contributed by atoms with Gasteiger partial charge in [0, 0.05) is 42.9 Å². The van der Waals surface area contributed by atoms with E-state index in [1.165, 1.54) is 0 Å². The second-order valence-electron chi connectivity index (χ2n) is 6.80. The van der Waals surface area contributed by atoms with Crippen LogP contribution in [0.25, 0.3) is 10.9 Å². The second kappa shape index (κ2) is 7.63. The third kappa shape index (κ3) is 3.38. The Morgan fingerprint density at radius 1 is 1.31 bits per heavy atom. The Morgan fingerprint density at radius 3 is 2.90 bits per heavy atom. The second-order valence-corrected chi connectivity index (χ2v) is 6.80. The van der Waals surface area contributed by atoms with Crippen LogP contribution in [0.3, 0.4) is 0 Å². The van der Waals surface area contributed by atoms with Crippen molar-refractivity contribution < 1.29 is 14.7 Å². The molecule has 4 aromatic rings. The van der Waals surface area contributed by atoms with E-state index in [0.717, 1.165) is 27.9 Å². The molecule has 0 saturated heterocycles. The van der Waals surface area contributed by atoms with Gasteiger partial charge in [0.1, 0.15) is 0 Å². The number of hydrogen-bond acceptors (Lipinski definition) is 4. The highest BCUT2D eigenvalue weighted by atomic mass is 16.3. The van der Waals surface area contributed by atoms with E-state index in [2.05, 4.69) is 20.1 Å². The molecular weight excluding hydrogens is 372 g/mol. The summed E-state index contributed by atoms with van der Waals surface area (Å²) in [6.45, 7) is 0.863. The minimum atomic E-state index is -0.250. The van der Waals surface area contributed by atoms with Crippen molar-refractivity contribution in [1.82, 2.24) is 29.6 Å². The van der Waals surface area contributed by atoms with Gasteiger partial charge in [-0.3, -0.25) is 14.3 Å². The van der Waals surface area contributed by atoms with Gasteiger partial charge >= 0.3 is 0 Å². The minimum absolute atomic E-state index is 0.0190. The number of carboxylic acid groups (broad SMARTS) is 1. The number of nitrogens with one attached hydrogen (secondary N) is 2. The summed E-state index contributed by atoms with van der Waals surface area (Å²) in [5, 5.41) is 12.2. The predicted octanol–water partition coefficient (Wildman–Crippen LogP) is 2.11. The molecule has 29 heavy (non-hydrogen) atoms. The third-order valence-electron chi connectivity index (χ3n) is 5.07. The summed E-state index contributed by atoms with van der Waals surface area (Å²) >= 11 is 0.